The molecule has 0 radical (unpaired) electrons. The third-order valence-corrected chi connectivity index (χ3v) is 4.44. The zero-order chi connectivity index (χ0) is 19.1. The largest absolute Gasteiger partial charge is 0.453 e. The van der Waals surface area contributed by atoms with Crippen molar-refractivity contribution >= 4 is 42.0 Å². The van der Waals surface area contributed by atoms with Crippen molar-refractivity contribution < 1.29 is 13.9 Å². The summed E-state index contributed by atoms with van der Waals surface area (Å²) in [7, 11) is 0. The van der Waals surface area contributed by atoms with Gasteiger partial charge in [-0.3, -0.25) is 4.79 Å². The number of hydrogen-bond acceptors (Lipinski definition) is 3. The summed E-state index contributed by atoms with van der Waals surface area (Å²) >= 11 is 12.0. The predicted octanol–water partition coefficient (Wildman–Crippen LogP) is 5.52. The molecule has 0 bridgehead atoms. The van der Waals surface area contributed by atoms with Crippen molar-refractivity contribution in [3.05, 3.63) is 57.8 Å². The van der Waals surface area contributed by atoms with Gasteiger partial charge in [-0.25, -0.2) is 4.39 Å². The maximum Gasteiger partial charge on any atom is 0.207 e. The molecule has 2 N–H and O–H groups in total. The molecule has 0 spiro atoms. The molecule has 0 aliphatic carbocycles. The summed E-state index contributed by atoms with van der Waals surface area (Å²) in [6.45, 7) is 4.31. The van der Waals surface area contributed by atoms with Gasteiger partial charge in [-0.1, -0.05) is 36.2 Å². The molecule has 0 saturated carbocycles. The molecule has 0 fully saturated rings. The second kappa shape index (κ2) is 11.3. The quantitative estimate of drug-likeness (QED) is 0.510. The fourth-order valence-electron chi connectivity index (χ4n) is 2.59. The summed E-state index contributed by atoms with van der Waals surface area (Å²) in [4.78, 5) is 10.4. The van der Waals surface area contributed by atoms with Crippen LogP contribution >= 0.6 is 35.6 Å². The lowest BCUT2D eigenvalue weighted by Gasteiger charge is -2.24. The van der Waals surface area contributed by atoms with Crippen molar-refractivity contribution in [3.63, 3.8) is 0 Å². The minimum absolute atomic E-state index is 0. The number of carbonyl (C=O) groups is 1. The summed E-state index contributed by atoms with van der Waals surface area (Å²) in [5.41, 5.74) is 0.457. The van der Waals surface area contributed by atoms with Crippen LogP contribution in [0.1, 0.15) is 31.9 Å². The maximum atomic E-state index is 15.1. The second-order valence-electron chi connectivity index (χ2n) is 5.89. The highest BCUT2D eigenvalue weighted by Crippen LogP contribution is 2.36. The van der Waals surface area contributed by atoms with E-state index in [4.69, 9.17) is 27.9 Å². The number of rotatable bonds is 9. The zero-order valence-corrected chi connectivity index (χ0v) is 17.3. The van der Waals surface area contributed by atoms with E-state index in [1.807, 2.05) is 13.8 Å². The van der Waals surface area contributed by atoms with Crippen LogP contribution in [0.5, 0.6) is 11.5 Å². The standard InChI is InChI=1S/C19H21Cl2FN2O2.ClH/c1-3-17(24-12(2)10-23-11-25)15-8-9-16(21)19(18(15)22)26-14-6-4-13(20)5-7-14;/h4-9,11-12,17,24H,3,10H2,1-2H3,(H,23,25);1H/t12-,17+;/m0./s1. The molecule has 0 aromatic heterocycles. The Kier molecular flexibility index (Phi) is 9.88. The van der Waals surface area contributed by atoms with Gasteiger partial charge in [-0.2, -0.15) is 0 Å². The van der Waals surface area contributed by atoms with E-state index < -0.39 is 5.82 Å². The Bertz CT molecular complexity index is 744. The number of amides is 1. The van der Waals surface area contributed by atoms with Crippen LogP contribution in [0.15, 0.2) is 36.4 Å². The third-order valence-electron chi connectivity index (χ3n) is 3.89. The van der Waals surface area contributed by atoms with E-state index >= 15 is 4.39 Å². The molecule has 0 aliphatic rings. The van der Waals surface area contributed by atoms with Gasteiger partial charge < -0.3 is 15.4 Å². The first-order valence-corrected chi connectivity index (χ1v) is 9.06. The van der Waals surface area contributed by atoms with E-state index in [1.54, 1.807) is 36.4 Å². The van der Waals surface area contributed by atoms with E-state index in [9.17, 15) is 4.79 Å². The summed E-state index contributed by atoms with van der Waals surface area (Å²) in [6, 6.07) is 9.59. The maximum absolute atomic E-state index is 15.1. The summed E-state index contributed by atoms with van der Waals surface area (Å²) < 4.78 is 20.7. The molecule has 2 aromatic rings. The van der Waals surface area contributed by atoms with Gasteiger partial charge in [-0.05, 0) is 43.7 Å². The molecule has 0 unspecified atom stereocenters. The first kappa shape index (κ1) is 23.5. The first-order valence-electron chi connectivity index (χ1n) is 8.30. The van der Waals surface area contributed by atoms with E-state index in [1.165, 1.54) is 0 Å². The van der Waals surface area contributed by atoms with Crippen LogP contribution in [0.25, 0.3) is 0 Å². The minimum Gasteiger partial charge on any atom is -0.453 e. The fourth-order valence-corrected chi connectivity index (χ4v) is 2.90. The Morgan fingerprint density at radius 3 is 2.44 bits per heavy atom. The average molecular weight is 436 g/mol. The highest BCUT2D eigenvalue weighted by atomic mass is 35.5. The normalized spacial score (nSPS) is 12.6. The molecule has 2 rings (SSSR count). The van der Waals surface area contributed by atoms with Gasteiger partial charge in [-0.15, -0.1) is 12.4 Å². The molecule has 148 valence electrons. The van der Waals surface area contributed by atoms with Crippen LogP contribution < -0.4 is 15.4 Å². The van der Waals surface area contributed by atoms with Crippen LogP contribution in [-0.4, -0.2) is 19.0 Å². The minimum atomic E-state index is -0.512. The van der Waals surface area contributed by atoms with E-state index in [0.29, 0.717) is 35.7 Å². The van der Waals surface area contributed by atoms with Crippen molar-refractivity contribution in [2.24, 2.45) is 0 Å². The van der Waals surface area contributed by atoms with Gasteiger partial charge in [0, 0.05) is 29.2 Å². The molecule has 0 heterocycles. The van der Waals surface area contributed by atoms with Crippen LogP contribution in [0.3, 0.4) is 0 Å². The second-order valence-corrected chi connectivity index (χ2v) is 6.73. The first-order chi connectivity index (χ1) is 12.5. The Balaban J connectivity index is 0.00000364. The summed E-state index contributed by atoms with van der Waals surface area (Å²) in [5, 5.41) is 6.65. The molecule has 8 heteroatoms. The van der Waals surface area contributed by atoms with E-state index in [0.717, 1.165) is 0 Å². The molecule has 0 aliphatic heterocycles. The van der Waals surface area contributed by atoms with Crippen LogP contribution in [0, 0.1) is 5.82 Å². The lowest BCUT2D eigenvalue weighted by atomic mass is 10.0. The monoisotopic (exact) mass is 434 g/mol. The lowest BCUT2D eigenvalue weighted by molar-refractivity contribution is -0.109. The Morgan fingerprint density at radius 2 is 1.85 bits per heavy atom. The fraction of sp³-hybridized carbons (Fsp3) is 0.316. The van der Waals surface area contributed by atoms with Gasteiger partial charge in [0.25, 0.3) is 0 Å². The van der Waals surface area contributed by atoms with Crippen LogP contribution in [0.4, 0.5) is 4.39 Å². The molecule has 2 atom stereocenters. The highest BCUT2D eigenvalue weighted by Gasteiger charge is 2.21. The summed E-state index contributed by atoms with van der Waals surface area (Å²) in [5.74, 6) is -0.0929. The SMILES string of the molecule is CC[C@@H](N[C@@H](C)CNC=O)c1ccc(Cl)c(Oc2ccc(Cl)cc2)c1F.Cl. The molecular weight excluding hydrogens is 414 g/mol. The summed E-state index contributed by atoms with van der Waals surface area (Å²) in [6.07, 6.45) is 1.30. The zero-order valence-electron chi connectivity index (χ0n) is 15.0. The number of ether oxygens (including phenoxy) is 1. The van der Waals surface area contributed by atoms with Gasteiger partial charge in [0.05, 0.1) is 5.02 Å². The van der Waals surface area contributed by atoms with Gasteiger partial charge in [0.1, 0.15) is 5.75 Å². The Morgan fingerprint density at radius 1 is 1.19 bits per heavy atom. The van der Waals surface area contributed by atoms with Crippen LogP contribution in [0.2, 0.25) is 10.0 Å². The predicted molar refractivity (Wildman–Crippen MR) is 110 cm³/mol. The van der Waals surface area contributed by atoms with Crippen molar-refractivity contribution in [2.45, 2.75) is 32.4 Å². The van der Waals surface area contributed by atoms with E-state index in [2.05, 4.69) is 10.6 Å². The third kappa shape index (κ3) is 6.54. The van der Waals surface area contributed by atoms with Crippen LogP contribution in [-0.2, 0) is 4.79 Å². The molecular formula is C19H22Cl3FN2O2. The number of benzene rings is 2. The molecule has 2 aromatic carbocycles. The number of carbonyl (C=O) groups excluding carboxylic acids is 1. The molecule has 27 heavy (non-hydrogen) atoms. The molecule has 1 amide bonds. The van der Waals surface area contributed by atoms with Gasteiger partial charge in [0.15, 0.2) is 11.6 Å². The van der Waals surface area contributed by atoms with Gasteiger partial charge >= 0.3 is 0 Å². The van der Waals surface area contributed by atoms with Crippen molar-refractivity contribution in [2.75, 3.05) is 6.54 Å². The van der Waals surface area contributed by atoms with Crippen molar-refractivity contribution in [1.29, 1.82) is 0 Å². The lowest BCUT2D eigenvalue weighted by Crippen LogP contribution is -2.38. The molecule has 0 saturated heterocycles. The Hall–Kier alpha value is -1.53. The van der Waals surface area contributed by atoms with Gasteiger partial charge in [0.2, 0.25) is 6.41 Å². The van der Waals surface area contributed by atoms with Crippen molar-refractivity contribution in [1.82, 2.24) is 10.6 Å². The topological polar surface area (TPSA) is 50.4 Å². The number of nitrogens with one attached hydrogen (secondary N) is 2. The number of halogens is 4. The Labute approximate surface area is 174 Å². The molecule has 4 nitrogen and oxygen atoms in total. The van der Waals surface area contributed by atoms with E-state index in [-0.39, 0.29) is 35.3 Å². The smallest absolute Gasteiger partial charge is 0.207 e. The number of hydrogen-bond donors (Lipinski definition) is 2. The highest BCUT2D eigenvalue weighted by molar-refractivity contribution is 6.32. The average Bonchev–Trinajstić information content (AvgIpc) is 2.63. The van der Waals surface area contributed by atoms with Crippen molar-refractivity contribution in [3.8, 4) is 11.5 Å².